The molecule has 0 aliphatic rings. The summed E-state index contributed by atoms with van der Waals surface area (Å²) in [5.41, 5.74) is -0.792. The van der Waals surface area contributed by atoms with Crippen LogP contribution in [0, 0.1) is 5.82 Å². The molecular weight excluding hydrogens is 417 g/mol. The monoisotopic (exact) mass is 447 g/mol. The molecule has 0 aliphatic heterocycles. The number of benzene rings is 2. The molecule has 2 rings (SSSR count). The molecule has 0 aromatic heterocycles. The van der Waals surface area contributed by atoms with Crippen LogP contribution in [0.5, 0.6) is 5.75 Å². The highest BCUT2D eigenvalue weighted by Crippen LogP contribution is 2.36. The number of carbonyl (C=O) groups excluding carboxylic acids is 3. The highest BCUT2D eigenvalue weighted by Gasteiger charge is 2.22. The second kappa shape index (κ2) is 11.3. The van der Waals surface area contributed by atoms with Gasteiger partial charge in [-0.3, -0.25) is 4.79 Å². The molecule has 0 atom stereocenters. The summed E-state index contributed by atoms with van der Waals surface area (Å²) < 4.78 is 25.0. The molecule has 0 fully saturated rings. The molecule has 2 aromatic carbocycles. The summed E-state index contributed by atoms with van der Waals surface area (Å²) in [4.78, 5) is 35.7. The number of methoxy groups -OCH3 is 1. The summed E-state index contributed by atoms with van der Waals surface area (Å²) in [6.45, 7) is 10.2. The summed E-state index contributed by atoms with van der Waals surface area (Å²) in [5.74, 6) is -2.41. The maximum atomic E-state index is 15.2. The summed E-state index contributed by atoms with van der Waals surface area (Å²) in [6.07, 6.45) is -0.707. The minimum Gasteiger partial charge on any atom is -0.507 e. The Morgan fingerprint density at radius 3 is 2.25 bits per heavy atom. The van der Waals surface area contributed by atoms with Crippen LogP contribution in [0.1, 0.15) is 67.8 Å². The van der Waals surface area contributed by atoms with E-state index in [2.05, 4.69) is 10.1 Å². The van der Waals surface area contributed by atoms with E-state index in [4.69, 9.17) is 4.74 Å². The van der Waals surface area contributed by atoms with Gasteiger partial charge < -0.3 is 19.9 Å². The zero-order valence-corrected chi connectivity index (χ0v) is 19.5. The lowest BCUT2D eigenvalue weighted by Gasteiger charge is -2.20. The van der Waals surface area contributed by atoms with Crippen molar-refractivity contribution in [2.75, 3.05) is 7.11 Å². The molecule has 32 heavy (non-hydrogen) atoms. The van der Waals surface area contributed by atoms with Gasteiger partial charge in [-0.25, -0.2) is 14.0 Å². The van der Waals surface area contributed by atoms with Crippen LogP contribution in [-0.2, 0) is 16.0 Å². The van der Waals surface area contributed by atoms with Gasteiger partial charge in [0, 0.05) is 23.2 Å². The molecule has 8 heteroatoms. The number of halogens is 1. The van der Waals surface area contributed by atoms with Gasteiger partial charge in [0.15, 0.2) is 5.78 Å². The van der Waals surface area contributed by atoms with Crippen molar-refractivity contribution in [1.29, 1.82) is 0 Å². The van der Waals surface area contributed by atoms with Crippen LogP contribution in [0.25, 0.3) is 11.1 Å². The maximum Gasteiger partial charge on any atom is 0.407 e. The van der Waals surface area contributed by atoms with Crippen LogP contribution >= 0.6 is 0 Å². The number of ether oxygens (including phenoxy) is 2. The molecule has 0 spiro atoms. The van der Waals surface area contributed by atoms with E-state index >= 15 is 4.39 Å². The first-order chi connectivity index (χ1) is 14.9. The number of alkyl carbamates (subject to hydrolysis) is 1. The van der Waals surface area contributed by atoms with Gasteiger partial charge >= 0.3 is 12.1 Å². The maximum absolute atomic E-state index is 15.2. The second-order valence-corrected chi connectivity index (χ2v) is 7.60. The van der Waals surface area contributed by atoms with Gasteiger partial charge in [0.25, 0.3) is 0 Å². The van der Waals surface area contributed by atoms with Gasteiger partial charge in [-0.05, 0) is 39.8 Å². The van der Waals surface area contributed by atoms with Crippen molar-refractivity contribution in [1.82, 2.24) is 5.32 Å². The Morgan fingerprint density at radius 1 is 1.09 bits per heavy atom. The molecule has 174 valence electrons. The van der Waals surface area contributed by atoms with Gasteiger partial charge in [0.05, 0.1) is 18.2 Å². The van der Waals surface area contributed by atoms with E-state index in [1.165, 1.54) is 44.4 Å². The van der Waals surface area contributed by atoms with Crippen LogP contribution < -0.4 is 5.32 Å². The molecule has 0 bridgehead atoms. The Morgan fingerprint density at radius 2 is 1.72 bits per heavy atom. The number of hydrogen-bond acceptors (Lipinski definition) is 6. The number of phenolic OH excluding ortho intramolecular Hbond substituents is 1. The van der Waals surface area contributed by atoms with Gasteiger partial charge in [-0.2, -0.15) is 0 Å². The second-order valence-electron chi connectivity index (χ2n) is 7.60. The number of esters is 1. The van der Waals surface area contributed by atoms with Crippen molar-refractivity contribution in [3.8, 4) is 16.9 Å². The summed E-state index contributed by atoms with van der Waals surface area (Å²) in [5, 5.41) is 13.0. The van der Waals surface area contributed by atoms with E-state index in [9.17, 15) is 19.5 Å². The van der Waals surface area contributed by atoms with E-state index in [0.717, 1.165) is 0 Å². The Labute approximate surface area is 187 Å². The average molecular weight is 448 g/mol. The lowest BCUT2D eigenvalue weighted by atomic mass is 9.95. The van der Waals surface area contributed by atoms with Crippen molar-refractivity contribution in [2.24, 2.45) is 0 Å². The quantitative estimate of drug-likeness (QED) is 0.480. The molecular formula is C24H30FNO6. The van der Waals surface area contributed by atoms with E-state index < -0.39 is 35.0 Å². The van der Waals surface area contributed by atoms with Crippen molar-refractivity contribution in [2.45, 2.75) is 53.7 Å². The van der Waals surface area contributed by atoms with Gasteiger partial charge in [0.1, 0.15) is 17.2 Å². The predicted octanol–water partition coefficient (Wildman–Crippen LogP) is 5.24. The first kappa shape index (κ1) is 26.6. The number of amides is 1. The zero-order chi connectivity index (χ0) is 24.6. The fourth-order valence-electron chi connectivity index (χ4n) is 2.75. The molecule has 0 radical (unpaired) electrons. The fraction of sp³-hybridized carbons (Fsp3) is 0.375. The van der Waals surface area contributed by atoms with Crippen LogP contribution in [0.3, 0.4) is 0 Å². The SMILES string of the molecule is CC.COC(=O)c1cc(C(C)=O)c(O)c(-c2cccc(CNC(=O)OC(C)(C)C)c2F)c1. The Hall–Kier alpha value is -3.42. The smallest absolute Gasteiger partial charge is 0.407 e. The Kier molecular flexibility index (Phi) is 9.37. The Balaban J connectivity index is 0.00000249. The first-order valence-electron chi connectivity index (χ1n) is 10.2. The number of hydrogen-bond donors (Lipinski definition) is 2. The van der Waals surface area contributed by atoms with Crippen molar-refractivity contribution >= 4 is 17.8 Å². The highest BCUT2D eigenvalue weighted by atomic mass is 19.1. The normalized spacial score (nSPS) is 10.5. The minimum atomic E-state index is -0.734. The molecule has 0 heterocycles. The Bertz CT molecular complexity index is 995. The lowest BCUT2D eigenvalue weighted by Crippen LogP contribution is -2.32. The molecule has 7 nitrogen and oxygen atoms in total. The summed E-state index contributed by atoms with van der Waals surface area (Å²) in [7, 11) is 1.17. The van der Waals surface area contributed by atoms with E-state index in [1.807, 2.05) is 13.8 Å². The largest absolute Gasteiger partial charge is 0.507 e. The van der Waals surface area contributed by atoms with Crippen LogP contribution in [-0.4, -0.2) is 35.7 Å². The standard InChI is InChI=1S/C22H24FNO6.C2H6/c1-12(25)16-9-14(20(27)29-5)10-17(19(16)26)15-8-6-7-13(18(15)23)11-24-21(28)30-22(2,3)4;1-2/h6-10,26H,11H2,1-5H3,(H,24,28);1-2H3. The van der Waals surface area contributed by atoms with Gasteiger partial charge in [-0.1, -0.05) is 32.0 Å². The molecule has 2 aromatic rings. The molecule has 0 saturated heterocycles. The lowest BCUT2D eigenvalue weighted by molar-refractivity contribution is 0.0521. The minimum absolute atomic E-state index is 0.00724. The third-order valence-electron chi connectivity index (χ3n) is 4.10. The molecule has 2 N–H and O–H groups in total. The number of aromatic hydroxyl groups is 1. The summed E-state index contributed by atoms with van der Waals surface area (Å²) >= 11 is 0. The van der Waals surface area contributed by atoms with Crippen molar-refractivity contribution in [3.05, 3.63) is 52.8 Å². The van der Waals surface area contributed by atoms with Crippen LogP contribution in [0.2, 0.25) is 0 Å². The predicted molar refractivity (Wildman–Crippen MR) is 119 cm³/mol. The van der Waals surface area contributed by atoms with Crippen LogP contribution in [0.15, 0.2) is 30.3 Å². The van der Waals surface area contributed by atoms with Crippen molar-refractivity contribution in [3.63, 3.8) is 0 Å². The van der Waals surface area contributed by atoms with Crippen LogP contribution in [0.4, 0.5) is 9.18 Å². The fourth-order valence-corrected chi connectivity index (χ4v) is 2.75. The first-order valence-corrected chi connectivity index (χ1v) is 10.2. The van der Waals surface area contributed by atoms with Gasteiger partial charge in [-0.15, -0.1) is 0 Å². The average Bonchev–Trinajstić information content (AvgIpc) is 2.73. The number of ketones is 1. The number of Topliss-reactive ketones (excluding diaryl/α,β-unsaturated/α-hetero) is 1. The summed E-state index contributed by atoms with van der Waals surface area (Å²) in [6, 6.07) is 6.83. The molecule has 0 unspecified atom stereocenters. The number of nitrogens with one attached hydrogen (secondary N) is 1. The number of carbonyl (C=O) groups is 3. The molecule has 0 aliphatic carbocycles. The number of phenols is 1. The molecule has 1 amide bonds. The van der Waals surface area contributed by atoms with E-state index in [-0.39, 0.29) is 34.4 Å². The van der Waals surface area contributed by atoms with Gasteiger partial charge in [0.2, 0.25) is 0 Å². The number of rotatable bonds is 5. The zero-order valence-electron chi connectivity index (χ0n) is 19.5. The third-order valence-corrected chi connectivity index (χ3v) is 4.10. The topological polar surface area (TPSA) is 102 Å². The van der Waals surface area contributed by atoms with E-state index in [0.29, 0.717) is 0 Å². The van der Waals surface area contributed by atoms with Crippen molar-refractivity contribution < 1.29 is 33.4 Å². The highest BCUT2D eigenvalue weighted by molar-refractivity contribution is 6.03. The third kappa shape index (κ3) is 6.80. The molecule has 0 saturated carbocycles. The van der Waals surface area contributed by atoms with E-state index in [1.54, 1.807) is 20.8 Å².